The van der Waals surface area contributed by atoms with Gasteiger partial charge in [0.2, 0.25) is 0 Å². The lowest BCUT2D eigenvalue weighted by Crippen LogP contribution is -1.84. The highest BCUT2D eigenvalue weighted by molar-refractivity contribution is 6.32. The summed E-state index contributed by atoms with van der Waals surface area (Å²) in [5.41, 5.74) is 3.21. The number of benzene rings is 1. The van der Waals surface area contributed by atoms with Crippen LogP contribution < -0.4 is 0 Å². The van der Waals surface area contributed by atoms with Crippen molar-refractivity contribution in [3.63, 3.8) is 0 Å². The summed E-state index contributed by atoms with van der Waals surface area (Å²) in [7, 11) is 0. The van der Waals surface area contributed by atoms with Crippen LogP contribution in [0, 0.1) is 0 Å². The van der Waals surface area contributed by atoms with Crippen molar-refractivity contribution in [3.05, 3.63) is 64.4 Å². The van der Waals surface area contributed by atoms with Gasteiger partial charge in [-0.25, -0.2) is 0 Å². The molecule has 0 aliphatic carbocycles. The van der Waals surface area contributed by atoms with Crippen LogP contribution in [0.2, 0.25) is 5.02 Å². The topological polar surface area (TPSA) is 12.9 Å². The van der Waals surface area contributed by atoms with Crippen molar-refractivity contribution in [3.8, 4) is 0 Å². The lowest BCUT2D eigenvalue weighted by atomic mass is 10.1. The maximum Gasteiger partial charge on any atom is 0.0630 e. The Morgan fingerprint density at radius 3 is 2.59 bits per heavy atom. The molecule has 0 saturated heterocycles. The normalized spacial score (nSPS) is 10.9. The van der Waals surface area contributed by atoms with Crippen molar-refractivity contribution in [1.29, 1.82) is 0 Å². The number of aryl methyl sites for hydroxylation is 1. The van der Waals surface area contributed by atoms with Crippen LogP contribution in [0.15, 0.2) is 42.6 Å². The molecule has 0 N–H and O–H groups in total. The molecule has 2 aromatic rings. The van der Waals surface area contributed by atoms with Crippen molar-refractivity contribution in [2.24, 2.45) is 0 Å². The highest BCUT2D eigenvalue weighted by atomic mass is 35.5. The molecule has 0 unspecified atom stereocenters. The van der Waals surface area contributed by atoms with E-state index in [0.717, 1.165) is 22.7 Å². The molecule has 0 spiro atoms. The first-order chi connectivity index (χ1) is 8.29. The smallest absolute Gasteiger partial charge is 0.0630 e. The van der Waals surface area contributed by atoms with Crippen LogP contribution in [0.25, 0.3) is 12.2 Å². The number of pyridine rings is 1. The van der Waals surface area contributed by atoms with Crippen LogP contribution in [0.3, 0.4) is 0 Å². The zero-order valence-corrected chi connectivity index (χ0v) is 10.5. The molecule has 1 aromatic heterocycles. The zero-order chi connectivity index (χ0) is 12.1. The van der Waals surface area contributed by atoms with E-state index in [-0.39, 0.29) is 0 Å². The summed E-state index contributed by atoms with van der Waals surface area (Å²) in [6, 6.07) is 11.9. The fraction of sp³-hybridized carbons (Fsp3) is 0.133. The van der Waals surface area contributed by atoms with E-state index in [1.54, 1.807) is 0 Å². The highest BCUT2D eigenvalue weighted by Gasteiger charge is 1.94. The molecule has 0 atom stereocenters. The number of hydrogen-bond acceptors (Lipinski definition) is 1. The van der Waals surface area contributed by atoms with Crippen molar-refractivity contribution in [2.75, 3.05) is 0 Å². The molecule has 2 heteroatoms. The molecule has 0 bridgehead atoms. The van der Waals surface area contributed by atoms with Crippen molar-refractivity contribution in [2.45, 2.75) is 13.3 Å². The van der Waals surface area contributed by atoms with Gasteiger partial charge in [0.1, 0.15) is 0 Å². The zero-order valence-electron chi connectivity index (χ0n) is 9.73. The summed E-state index contributed by atoms with van der Waals surface area (Å²) in [6.07, 6.45) is 6.88. The number of nitrogens with zero attached hydrogens (tertiary/aromatic N) is 1. The average Bonchev–Trinajstić information content (AvgIpc) is 2.38. The second-order valence-corrected chi connectivity index (χ2v) is 4.21. The molecule has 0 aliphatic rings. The SMILES string of the molecule is CCc1ccc(C=Cc2ccccc2Cl)nc1. The summed E-state index contributed by atoms with van der Waals surface area (Å²) in [5.74, 6) is 0. The molecular weight excluding hydrogens is 230 g/mol. The van der Waals surface area contributed by atoms with E-state index in [0.29, 0.717) is 0 Å². The summed E-state index contributed by atoms with van der Waals surface area (Å²) >= 11 is 6.07. The van der Waals surface area contributed by atoms with Crippen LogP contribution >= 0.6 is 11.6 Å². The Kier molecular flexibility index (Phi) is 3.94. The first kappa shape index (κ1) is 11.9. The Labute approximate surface area is 107 Å². The van der Waals surface area contributed by atoms with Gasteiger partial charge in [0.25, 0.3) is 0 Å². The number of hydrogen-bond donors (Lipinski definition) is 0. The minimum atomic E-state index is 0.758. The second-order valence-electron chi connectivity index (χ2n) is 3.80. The number of aromatic nitrogens is 1. The molecule has 1 aromatic carbocycles. The van der Waals surface area contributed by atoms with Crippen LogP contribution in [0.1, 0.15) is 23.7 Å². The Morgan fingerprint density at radius 1 is 1.12 bits per heavy atom. The third-order valence-corrected chi connectivity index (χ3v) is 2.94. The highest BCUT2D eigenvalue weighted by Crippen LogP contribution is 2.17. The van der Waals surface area contributed by atoms with Gasteiger partial charge in [-0.3, -0.25) is 4.98 Å². The minimum Gasteiger partial charge on any atom is -0.257 e. The summed E-state index contributed by atoms with van der Waals surface area (Å²) in [4.78, 5) is 4.36. The molecular formula is C15H14ClN. The Hall–Kier alpha value is -1.60. The fourth-order valence-electron chi connectivity index (χ4n) is 1.53. The van der Waals surface area contributed by atoms with Gasteiger partial charge in [-0.05, 0) is 35.8 Å². The molecule has 2 rings (SSSR count). The van der Waals surface area contributed by atoms with Crippen LogP contribution in [0.5, 0.6) is 0 Å². The largest absolute Gasteiger partial charge is 0.257 e. The standard InChI is InChI=1S/C15H14ClN/c1-2-12-7-9-14(17-11-12)10-8-13-5-3-4-6-15(13)16/h3-11H,2H2,1H3. The van der Waals surface area contributed by atoms with Gasteiger partial charge in [0.05, 0.1) is 5.69 Å². The quantitative estimate of drug-likeness (QED) is 0.775. The Morgan fingerprint density at radius 2 is 1.94 bits per heavy atom. The first-order valence-electron chi connectivity index (χ1n) is 5.67. The van der Waals surface area contributed by atoms with Gasteiger partial charge < -0.3 is 0 Å². The molecule has 1 heterocycles. The third-order valence-electron chi connectivity index (χ3n) is 2.59. The lowest BCUT2D eigenvalue weighted by molar-refractivity contribution is 1.10. The minimum absolute atomic E-state index is 0.758. The predicted molar refractivity (Wildman–Crippen MR) is 74.0 cm³/mol. The average molecular weight is 244 g/mol. The monoisotopic (exact) mass is 243 g/mol. The van der Waals surface area contributed by atoms with E-state index in [4.69, 9.17) is 11.6 Å². The predicted octanol–water partition coefficient (Wildman–Crippen LogP) is 4.47. The first-order valence-corrected chi connectivity index (χ1v) is 6.05. The van der Waals surface area contributed by atoms with Gasteiger partial charge in [0, 0.05) is 11.2 Å². The van der Waals surface area contributed by atoms with Gasteiger partial charge >= 0.3 is 0 Å². The molecule has 17 heavy (non-hydrogen) atoms. The Bertz CT molecular complexity index is 515. The summed E-state index contributed by atoms with van der Waals surface area (Å²) in [6.45, 7) is 2.12. The van der Waals surface area contributed by atoms with Gasteiger partial charge in [0.15, 0.2) is 0 Å². The molecule has 0 radical (unpaired) electrons. The maximum atomic E-state index is 6.07. The van der Waals surface area contributed by atoms with Gasteiger partial charge in [-0.2, -0.15) is 0 Å². The van der Waals surface area contributed by atoms with Crippen LogP contribution in [-0.4, -0.2) is 4.98 Å². The van der Waals surface area contributed by atoms with Crippen LogP contribution in [0.4, 0.5) is 0 Å². The van der Waals surface area contributed by atoms with E-state index in [1.807, 2.05) is 48.7 Å². The number of rotatable bonds is 3. The second kappa shape index (κ2) is 5.65. The number of halogens is 1. The molecule has 1 nitrogen and oxygen atoms in total. The molecule has 86 valence electrons. The van der Waals surface area contributed by atoms with Crippen molar-refractivity contribution in [1.82, 2.24) is 4.98 Å². The van der Waals surface area contributed by atoms with Crippen LogP contribution in [-0.2, 0) is 6.42 Å². The van der Waals surface area contributed by atoms with E-state index in [1.165, 1.54) is 5.56 Å². The van der Waals surface area contributed by atoms with E-state index in [9.17, 15) is 0 Å². The lowest BCUT2D eigenvalue weighted by Gasteiger charge is -1.98. The maximum absolute atomic E-state index is 6.07. The van der Waals surface area contributed by atoms with E-state index >= 15 is 0 Å². The molecule has 0 amide bonds. The summed E-state index contributed by atoms with van der Waals surface area (Å²) < 4.78 is 0. The molecule has 0 saturated carbocycles. The van der Waals surface area contributed by atoms with Gasteiger partial charge in [-0.1, -0.05) is 48.9 Å². The molecule has 0 aliphatic heterocycles. The Balaban J connectivity index is 2.17. The summed E-state index contributed by atoms with van der Waals surface area (Å²) in [5, 5.41) is 0.758. The molecule has 0 fully saturated rings. The fourth-order valence-corrected chi connectivity index (χ4v) is 1.73. The van der Waals surface area contributed by atoms with E-state index in [2.05, 4.69) is 18.0 Å². The van der Waals surface area contributed by atoms with Gasteiger partial charge in [-0.15, -0.1) is 0 Å². The van der Waals surface area contributed by atoms with E-state index < -0.39 is 0 Å². The third kappa shape index (κ3) is 3.18. The van der Waals surface area contributed by atoms with Crippen molar-refractivity contribution >= 4 is 23.8 Å². The van der Waals surface area contributed by atoms with Crippen molar-refractivity contribution < 1.29 is 0 Å².